The minimum absolute atomic E-state index is 0.0503. The molecule has 3 aromatic rings. The lowest BCUT2D eigenvalue weighted by Gasteiger charge is -2.14. The van der Waals surface area contributed by atoms with Gasteiger partial charge < -0.3 is 5.32 Å². The summed E-state index contributed by atoms with van der Waals surface area (Å²) < 4.78 is 1.88. The Morgan fingerprint density at radius 1 is 1.15 bits per heavy atom. The largest absolute Gasteiger partial charge is 0.349 e. The maximum atomic E-state index is 12.6. The molecule has 1 atom stereocenters. The van der Waals surface area contributed by atoms with E-state index in [1.165, 1.54) is 0 Å². The highest BCUT2D eigenvalue weighted by Crippen LogP contribution is 2.19. The number of carbonyl (C=O) groups excluding carboxylic acids is 1. The summed E-state index contributed by atoms with van der Waals surface area (Å²) in [4.78, 5) is 12.6. The van der Waals surface area contributed by atoms with E-state index in [0.29, 0.717) is 5.56 Å². The molecule has 136 valence electrons. The first-order chi connectivity index (χ1) is 13.0. The first kappa shape index (κ1) is 18.4. The third kappa shape index (κ3) is 4.06. The maximum absolute atomic E-state index is 12.6. The van der Waals surface area contributed by atoms with Gasteiger partial charge in [-0.25, -0.2) is 4.68 Å². The van der Waals surface area contributed by atoms with Crippen molar-refractivity contribution >= 4 is 5.91 Å². The molecule has 27 heavy (non-hydrogen) atoms. The molecule has 3 rings (SSSR count). The second kappa shape index (κ2) is 7.88. The molecular weight excluding hydrogens is 336 g/mol. The first-order valence-corrected chi connectivity index (χ1v) is 8.89. The van der Waals surface area contributed by atoms with E-state index in [-0.39, 0.29) is 18.4 Å². The van der Waals surface area contributed by atoms with Gasteiger partial charge in [0.1, 0.15) is 0 Å². The lowest BCUT2D eigenvalue weighted by Crippen LogP contribution is -2.28. The molecule has 0 aliphatic carbocycles. The average Bonchev–Trinajstić information content (AvgIpc) is 2.97. The highest BCUT2D eigenvalue weighted by atomic mass is 16.1. The molecule has 0 radical (unpaired) electrons. The van der Waals surface area contributed by atoms with Crippen LogP contribution in [-0.2, 0) is 11.2 Å². The number of nitriles is 1. The van der Waals surface area contributed by atoms with Crippen molar-refractivity contribution in [2.75, 3.05) is 0 Å². The van der Waals surface area contributed by atoms with E-state index < -0.39 is 0 Å². The second-order valence-electron chi connectivity index (χ2n) is 6.60. The van der Waals surface area contributed by atoms with Gasteiger partial charge in [-0.2, -0.15) is 10.4 Å². The van der Waals surface area contributed by atoms with Gasteiger partial charge >= 0.3 is 0 Å². The number of para-hydroxylation sites is 1. The average molecular weight is 358 g/mol. The van der Waals surface area contributed by atoms with Crippen molar-refractivity contribution in [3.63, 3.8) is 0 Å². The molecule has 1 heterocycles. The van der Waals surface area contributed by atoms with Crippen molar-refractivity contribution in [2.24, 2.45) is 0 Å². The molecule has 0 bridgehead atoms. The van der Waals surface area contributed by atoms with Gasteiger partial charge in [0.2, 0.25) is 5.91 Å². The van der Waals surface area contributed by atoms with Gasteiger partial charge in [-0.3, -0.25) is 4.79 Å². The topological polar surface area (TPSA) is 70.7 Å². The van der Waals surface area contributed by atoms with Gasteiger partial charge in [0, 0.05) is 11.3 Å². The number of hydrogen-bond acceptors (Lipinski definition) is 3. The molecule has 5 heteroatoms. The van der Waals surface area contributed by atoms with Gasteiger partial charge in [0.25, 0.3) is 0 Å². The fourth-order valence-corrected chi connectivity index (χ4v) is 3.13. The summed E-state index contributed by atoms with van der Waals surface area (Å²) in [5, 5.41) is 16.5. The predicted molar refractivity (Wildman–Crippen MR) is 104 cm³/mol. The second-order valence-corrected chi connectivity index (χ2v) is 6.60. The lowest BCUT2D eigenvalue weighted by molar-refractivity contribution is -0.121. The molecule has 0 aliphatic rings. The van der Waals surface area contributed by atoms with Crippen LogP contribution in [0.25, 0.3) is 5.69 Å². The van der Waals surface area contributed by atoms with Gasteiger partial charge in [-0.15, -0.1) is 0 Å². The van der Waals surface area contributed by atoms with Crippen molar-refractivity contribution in [1.82, 2.24) is 15.1 Å². The fraction of sp³-hybridized carbons (Fsp3) is 0.227. The van der Waals surface area contributed by atoms with Crippen LogP contribution in [0.3, 0.4) is 0 Å². The normalized spacial score (nSPS) is 11.6. The minimum atomic E-state index is -0.130. The molecule has 5 nitrogen and oxygen atoms in total. The van der Waals surface area contributed by atoms with Gasteiger partial charge in [-0.1, -0.05) is 30.3 Å². The Labute approximate surface area is 159 Å². The molecule has 0 saturated heterocycles. The van der Waals surface area contributed by atoms with E-state index in [0.717, 1.165) is 28.2 Å². The Balaban J connectivity index is 1.72. The zero-order chi connectivity index (χ0) is 19.4. The van der Waals surface area contributed by atoms with Crippen molar-refractivity contribution in [2.45, 2.75) is 33.2 Å². The smallest absolute Gasteiger partial charge is 0.225 e. The van der Waals surface area contributed by atoms with Crippen LogP contribution in [0.2, 0.25) is 0 Å². The van der Waals surface area contributed by atoms with Gasteiger partial charge in [-0.05, 0) is 50.6 Å². The number of aryl methyl sites for hydroxylation is 1. The highest BCUT2D eigenvalue weighted by Gasteiger charge is 2.17. The SMILES string of the molecule is Cc1nn(-c2ccccc2)c(C)c1CC(=O)NC(C)c1ccc(C#N)cc1. The van der Waals surface area contributed by atoms with Gasteiger partial charge in [0.05, 0.1) is 35.5 Å². The van der Waals surface area contributed by atoms with Crippen LogP contribution in [0.5, 0.6) is 0 Å². The third-order valence-electron chi connectivity index (χ3n) is 4.70. The Morgan fingerprint density at radius 3 is 2.44 bits per heavy atom. The van der Waals surface area contributed by atoms with E-state index in [1.54, 1.807) is 12.1 Å². The summed E-state index contributed by atoms with van der Waals surface area (Å²) in [6.07, 6.45) is 0.283. The maximum Gasteiger partial charge on any atom is 0.225 e. The molecule has 0 saturated carbocycles. The van der Waals surface area contributed by atoms with E-state index in [1.807, 2.05) is 67.9 Å². The Morgan fingerprint density at radius 2 is 1.81 bits per heavy atom. The molecule has 1 N–H and O–H groups in total. The number of carbonyl (C=O) groups is 1. The molecular formula is C22H22N4O. The summed E-state index contributed by atoms with van der Waals surface area (Å²) in [6.45, 7) is 5.85. The van der Waals surface area contributed by atoms with Crippen LogP contribution >= 0.6 is 0 Å². The van der Waals surface area contributed by atoms with Crippen LogP contribution in [-0.4, -0.2) is 15.7 Å². The van der Waals surface area contributed by atoms with Crippen molar-refractivity contribution < 1.29 is 4.79 Å². The predicted octanol–water partition coefficient (Wildman–Crippen LogP) is 3.78. The molecule has 2 aromatic carbocycles. The van der Waals surface area contributed by atoms with Crippen molar-refractivity contribution in [3.8, 4) is 11.8 Å². The number of amides is 1. The Hall–Kier alpha value is -3.39. The fourth-order valence-electron chi connectivity index (χ4n) is 3.13. The van der Waals surface area contributed by atoms with E-state index in [9.17, 15) is 4.79 Å². The molecule has 0 fully saturated rings. The van der Waals surface area contributed by atoms with Crippen molar-refractivity contribution in [3.05, 3.63) is 82.7 Å². The number of nitrogens with zero attached hydrogens (tertiary/aromatic N) is 3. The van der Waals surface area contributed by atoms with Crippen molar-refractivity contribution in [1.29, 1.82) is 5.26 Å². The zero-order valence-electron chi connectivity index (χ0n) is 15.7. The number of aromatic nitrogens is 2. The van der Waals surface area contributed by atoms with Crippen LogP contribution in [0, 0.1) is 25.2 Å². The molecule has 1 amide bonds. The third-order valence-corrected chi connectivity index (χ3v) is 4.70. The Bertz CT molecular complexity index is 982. The molecule has 0 spiro atoms. The van der Waals surface area contributed by atoms with E-state index >= 15 is 0 Å². The summed E-state index contributed by atoms with van der Waals surface area (Å²) in [5.41, 5.74) is 5.34. The van der Waals surface area contributed by atoms with Crippen LogP contribution < -0.4 is 5.32 Å². The van der Waals surface area contributed by atoms with E-state index in [4.69, 9.17) is 5.26 Å². The van der Waals surface area contributed by atoms with Crippen LogP contribution in [0.4, 0.5) is 0 Å². The number of nitrogens with one attached hydrogen (secondary N) is 1. The zero-order valence-corrected chi connectivity index (χ0v) is 15.7. The van der Waals surface area contributed by atoms with Gasteiger partial charge in [0.15, 0.2) is 0 Å². The van der Waals surface area contributed by atoms with Crippen LogP contribution in [0.15, 0.2) is 54.6 Å². The standard InChI is InChI=1S/C22H22N4O/c1-15(19-11-9-18(14-23)10-12-19)24-22(27)13-21-16(2)25-26(17(21)3)20-7-5-4-6-8-20/h4-12,15H,13H2,1-3H3,(H,24,27). The number of hydrogen-bond donors (Lipinski definition) is 1. The molecule has 1 aromatic heterocycles. The highest BCUT2D eigenvalue weighted by molar-refractivity contribution is 5.79. The molecule has 0 aliphatic heterocycles. The summed E-state index contributed by atoms with van der Waals surface area (Å²) >= 11 is 0. The quantitative estimate of drug-likeness (QED) is 0.754. The van der Waals surface area contributed by atoms with E-state index in [2.05, 4.69) is 16.5 Å². The van der Waals surface area contributed by atoms with Crippen LogP contribution in [0.1, 0.15) is 41.0 Å². The molecule has 1 unspecified atom stereocenters. The summed E-state index contributed by atoms with van der Waals surface area (Å²) in [6, 6.07) is 19.1. The summed E-state index contributed by atoms with van der Waals surface area (Å²) in [7, 11) is 0. The lowest BCUT2D eigenvalue weighted by atomic mass is 10.1. The number of benzene rings is 2. The summed E-state index contributed by atoms with van der Waals surface area (Å²) in [5.74, 6) is -0.0503. The monoisotopic (exact) mass is 358 g/mol. The minimum Gasteiger partial charge on any atom is -0.349 e. The Kier molecular flexibility index (Phi) is 5.37. The number of rotatable bonds is 5. The first-order valence-electron chi connectivity index (χ1n) is 8.89.